The van der Waals surface area contributed by atoms with E-state index in [4.69, 9.17) is 0 Å². The first kappa shape index (κ1) is 29.1. The molecule has 0 saturated carbocycles. The Kier molecular flexibility index (Phi) is 9.11. The number of H-pyrrole nitrogens is 1. The molecule has 210 valence electrons. The molecule has 0 aliphatic carbocycles. The lowest BCUT2D eigenvalue weighted by atomic mass is 9.97. The first-order chi connectivity index (χ1) is 19.1. The number of aliphatic hydroxyl groups excluding tert-OH is 1. The molecule has 3 unspecified atom stereocenters. The Morgan fingerprint density at radius 1 is 1.05 bits per heavy atom. The summed E-state index contributed by atoms with van der Waals surface area (Å²) in [7, 11) is 0. The van der Waals surface area contributed by atoms with Gasteiger partial charge in [0.1, 0.15) is 11.7 Å². The van der Waals surface area contributed by atoms with Crippen molar-refractivity contribution in [1.82, 2.24) is 20.5 Å². The van der Waals surface area contributed by atoms with Crippen molar-refractivity contribution < 1.29 is 19.5 Å². The summed E-state index contributed by atoms with van der Waals surface area (Å²) < 4.78 is -0.604. The maximum atomic E-state index is 13.8. The van der Waals surface area contributed by atoms with E-state index in [1.165, 1.54) is 34.9 Å². The van der Waals surface area contributed by atoms with E-state index in [2.05, 4.69) is 15.6 Å². The molecular formula is C30H34N4O5S. The van der Waals surface area contributed by atoms with Crippen molar-refractivity contribution in [1.29, 1.82) is 0 Å². The highest BCUT2D eigenvalue weighted by Gasteiger charge is 2.49. The van der Waals surface area contributed by atoms with Crippen molar-refractivity contribution >= 4 is 29.5 Å². The van der Waals surface area contributed by atoms with Gasteiger partial charge in [-0.1, -0.05) is 60.7 Å². The van der Waals surface area contributed by atoms with E-state index >= 15 is 0 Å². The molecule has 1 aromatic heterocycles. The second-order valence-corrected chi connectivity index (χ2v) is 12.0. The zero-order chi connectivity index (χ0) is 28.9. The van der Waals surface area contributed by atoms with Crippen LogP contribution in [0.4, 0.5) is 0 Å². The van der Waals surface area contributed by atoms with Gasteiger partial charge in [-0.2, -0.15) is 0 Å². The number of benzene rings is 2. The first-order valence-corrected chi connectivity index (χ1v) is 14.0. The number of rotatable bonds is 9. The molecule has 0 bridgehead atoms. The molecule has 2 heterocycles. The van der Waals surface area contributed by atoms with Gasteiger partial charge in [-0.15, -0.1) is 11.8 Å². The van der Waals surface area contributed by atoms with Gasteiger partial charge in [-0.3, -0.25) is 19.2 Å². The quantitative estimate of drug-likeness (QED) is 0.317. The number of nitrogens with zero attached hydrogens (tertiary/aromatic N) is 1. The van der Waals surface area contributed by atoms with E-state index in [0.29, 0.717) is 6.54 Å². The predicted molar refractivity (Wildman–Crippen MR) is 155 cm³/mol. The van der Waals surface area contributed by atoms with Gasteiger partial charge in [-0.25, -0.2) is 0 Å². The Labute approximate surface area is 237 Å². The molecule has 4 N–H and O–H groups in total. The second kappa shape index (κ2) is 12.5. The Hall–Kier alpha value is -3.89. The Bertz CT molecular complexity index is 1420. The maximum Gasteiger partial charge on any atom is 0.268 e. The van der Waals surface area contributed by atoms with Crippen LogP contribution in [0.3, 0.4) is 0 Å². The van der Waals surface area contributed by atoms with Gasteiger partial charge in [0.25, 0.3) is 11.8 Å². The van der Waals surface area contributed by atoms with Crippen LogP contribution in [0.2, 0.25) is 0 Å². The van der Waals surface area contributed by atoms with E-state index in [1.807, 2.05) is 75.4 Å². The fourth-order valence-electron chi connectivity index (χ4n) is 4.78. The lowest BCUT2D eigenvalue weighted by molar-refractivity contribution is -0.147. The number of carbonyl (C=O) groups excluding carboxylic acids is 3. The average molecular weight is 563 g/mol. The summed E-state index contributed by atoms with van der Waals surface area (Å²) in [5.74, 6) is -1.39. The number of thioether (sulfide) groups is 1. The number of aliphatic hydroxyl groups is 1. The minimum atomic E-state index is -1.64. The number of hydrogen-bond donors (Lipinski definition) is 4. The molecule has 2 aromatic carbocycles. The van der Waals surface area contributed by atoms with Crippen LogP contribution in [-0.4, -0.2) is 61.5 Å². The zero-order valence-electron chi connectivity index (χ0n) is 22.7. The van der Waals surface area contributed by atoms with E-state index in [0.717, 1.165) is 16.7 Å². The molecule has 4 rings (SSSR count). The molecule has 40 heavy (non-hydrogen) atoms. The Morgan fingerprint density at radius 2 is 1.75 bits per heavy atom. The van der Waals surface area contributed by atoms with Crippen LogP contribution in [0.15, 0.2) is 77.6 Å². The van der Waals surface area contributed by atoms with Crippen LogP contribution in [0, 0.1) is 6.92 Å². The van der Waals surface area contributed by atoms with Crippen LogP contribution < -0.4 is 16.2 Å². The minimum Gasteiger partial charge on any atom is -0.381 e. The second-order valence-electron chi connectivity index (χ2n) is 10.4. The van der Waals surface area contributed by atoms with E-state index in [-0.39, 0.29) is 23.9 Å². The summed E-state index contributed by atoms with van der Waals surface area (Å²) >= 11 is 1.45. The third kappa shape index (κ3) is 6.81. The number of carbonyl (C=O) groups is 3. The summed E-state index contributed by atoms with van der Waals surface area (Å²) in [6.45, 7) is 6.07. The summed E-state index contributed by atoms with van der Waals surface area (Å²) in [6.07, 6.45) is -1.48. The van der Waals surface area contributed by atoms with Gasteiger partial charge in [0.05, 0.1) is 11.9 Å². The third-order valence-electron chi connectivity index (χ3n) is 7.05. The molecule has 1 aliphatic heterocycles. The van der Waals surface area contributed by atoms with Crippen molar-refractivity contribution in [3.05, 3.63) is 106 Å². The SMILES string of the molecule is Cc1ccccc1CNC(=O)C1N(C(=O)C(O)C(Cc2ccccc2)NC(=O)c2cccc(=O)[nH]2)CSC1(C)C. The van der Waals surface area contributed by atoms with Gasteiger partial charge >= 0.3 is 0 Å². The van der Waals surface area contributed by atoms with Gasteiger partial charge in [-0.05, 0) is 49.9 Å². The molecule has 1 aliphatic rings. The van der Waals surface area contributed by atoms with Crippen molar-refractivity contribution in [2.75, 3.05) is 5.88 Å². The Balaban J connectivity index is 1.55. The van der Waals surface area contributed by atoms with Gasteiger partial charge in [0, 0.05) is 17.4 Å². The third-order valence-corrected chi connectivity index (χ3v) is 8.43. The summed E-state index contributed by atoms with van der Waals surface area (Å²) in [6, 6.07) is 19.2. The van der Waals surface area contributed by atoms with Crippen molar-refractivity contribution in [2.24, 2.45) is 0 Å². The van der Waals surface area contributed by atoms with Gasteiger partial charge < -0.3 is 25.6 Å². The smallest absolute Gasteiger partial charge is 0.268 e. The summed E-state index contributed by atoms with van der Waals surface area (Å²) in [4.78, 5) is 55.7. The first-order valence-electron chi connectivity index (χ1n) is 13.1. The number of hydrogen-bond acceptors (Lipinski definition) is 6. The maximum absolute atomic E-state index is 13.8. The molecule has 1 fully saturated rings. The lowest BCUT2D eigenvalue weighted by Crippen LogP contribution is -2.58. The number of aryl methyl sites for hydroxylation is 1. The van der Waals surface area contributed by atoms with E-state index in [9.17, 15) is 24.3 Å². The van der Waals surface area contributed by atoms with Crippen LogP contribution in [-0.2, 0) is 22.6 Å². The van der Waals surface area contributed by atoms with Gasteiger partial charge in [0.15, 0.2) is 6.10 Å². The summed E-state index contributed by atoms with van der Waals surface area (Å²) in [5, 5.41) is 17.0. The normalized spacial score (nSPS) is 17.6. The number of amides is 3. The Morgan fingerprint density at radius 3 is 2.45 bits per heavy atom. The zero-order valence-corrected chi connectivity index (χ0v) is 23.5. The highest BCUT2D eigenvalue weighted by atomic mass is 32.2. The van der Waals surface area contributed by atoms with E-state index < -0.39 is 40.3 Å². The number of aromatic nitrogens is 1. The number of aromatic amines is 1. The lowest BCUT2D eigenvalue weighted by Gasteiger charge is -2.33. The van der Waals surface area contributed by atoms with E-state index in [1.54, 1.807) is 0 Å². The number of pyridine rings is 1. The standard InChI is InChI=1S/C30H34N4O5S/c1-19-10-7-8-13-21(19)17-31-28(38)26-30(2,3)40-18-34(26)29(39)25(36)23(16-20-11-5-4-6-12-20)33-27(37)22-14-9-15-24(35)32-22/h4-15,23,25-26,36H,16-18H2,1-3H3,(H,31,38)(H,32,35)(H,33,37). The monoisotopic (exact) mass is 562 g/mol. The average Bonchev–Trinajstić information content (AvgIpc) is 3.26. The molecule has 3 aromatic rings. The molecule has 0 spiro atoms. The fourth-order valence-corrected chi connectivity index (χ4v) is 5.92. The highest BCUT2D eigenvalue weighted by Crippen LogP contribution is 2.40. The van der Waals surface area contributed by atoms with Crippen LogP contribution in [0.25, 0.3) is 0 Å². The fraction of sp³-hybridized carbons (Fsp3) is 0.333. The molecule has 9 nitrogen and oxygen atoms in total. The van der Waals surface area contributed by atoms with Crippen molar-refractivity contribution in [3.63, 3.8) is 0 Å². The largest absolute Gasteiger partial charge is 0.381 e. The predicted octanol–water partition coefficient (Wildman–Crippen LogP) is 2.38. The molecule has 3 atom stereocenters. The van der Waals surface area contributed by atoms with Crippen molar-refractivity contribution in [2.45, 2.75) is 56.7 Å². The topological polar surface area (TPSA) is 132 Å². The minimum absolute atomic E-state index is 0.0107. The molecule has 1 saturated heterocycles. The number of nitrogens with one attached hydrogen (secondary N) is 3. The summed E-state index contributed by atoms with van der Waals surface area (Å²) in [5.41, 5.74) is 2.38. The van der Waals surface area contributed by atoms with Crippen LogP contribution in [0.5, 0.6) is 0 Å². The van der Waals surface area contributed by atoms with Crippen molar-refractivity contribution in [3.8, 4) is 0 Å². The van der Waals surface area contributed by atoms with Crippen LogP contribution >= 0.6 is 11.8 Å². The van der Waals surface area contributed by atoms with Gasteiger partial charge in [0.2, 0.25) is 11.5 Å². The van der Waals surface area contributed by atoms with Crippen LogP contribution in [0.1, 0.15) is 41.0 Å². The molecular weight excluding hydrogens is 528 g/mol. The molecule has 3 amide bonds. The molecule has 0 radical (unpaired) electrons. The molecule has 10 heteroatoms. The highest BCUT2D eigenvalue weighted by molar-refractivity contribution is 8.00.